The van der Waals surface area contributed by atoms with Gasteiger partial charge in [-0.3, -0.25) is 9.67 Å². The number of fused-ring (bicyclic) bond motifs is 1. The van der Waals surface area contributed by atoms with Gasteiger partial charge < -0.3 is 0 Å². The van der Waals surface area contributed by atoms with Crippen molar-refractivity contribution >= 4 is 11.6 Å². The summed E-state index contributed by atoms with van der Waals surface area (Å²) in [6.45, 7) is 7.55. The number of rotatable bonds is 1. The summed E-state index contributed by atoms with van der Waals surface area (Å²) in [7, 11) is 0. The summed E-state index contributed by atoms with van der Waals surface area (Å²) in [4.78, 5) is 4.23. The van der Waals surface area contributed by atoms with Crippen molar-refractivity contribution in [2.75, 3.05) is 0 Å². The molecule has 0 atom stereocenters. The number of nitrogens with zero attached hydrogens (tertiary/aromatic N) is 3. The van der Waals surface area contributed by atoms with E-state index in [9.17, 15) is 0 Å². The van der Waals surface area contributed by atoms with Crippen LogP contribution in [0, 0.1) is 12.3 Å². The maximum absolute atomic E-state index is 6.29. The van der Waals surface area contributed by atoms with E-state index >= 15 is 0 Å². The molecule has 2 aromatic heterocycles. The maximum atomic E-state index is 6.29. The van der Waals surface area contributed by atoms with Crippen molar-refractivity contribution in [1.82, 2.24) is 14.8 Å². The molecule has 0 radical (unpaired) electrons. The highest BCUT2D eigenvalue weighted by Crippen LogP contribution is 2.37. The first kappa shape index (κ1) is 12.7. The van der Waals surface area contributed by atoms with Crippen LogP contribution in [-0.4, -0.2) is 14.8 Å². The van der Waals surface area contributed by atoms with Crippen LogP contribution in [0.5, 0.6) is 0 Å². The summed E-state index contributed by atoms with van der Waals surface area (Å²) in [5.74, 6) is 0. The lowest BCUT2D eigenvalue weighted by Gasteiger charge is -2.30. The van der Waals surface area contributed by atoms with Crippen LogP contribution in [0.15, 0.2) is 18.5 Å². The smallest absolute Gasteiger partial charge is 0.0669 e. The Hall–Kier alpha value is -1.35. The molecule has 3 nitrogen and oxygen atoms in total. The van der Waals surface area contributed by atoms with Gasteiger partial charge >= 0.3 is 0 Å². The highest BCUT2D eigenvalue weighted by atomic mass is 35.5. The second-order valence-corrected chi connectivity index (χ2v) is 6.54. The van der Waals surface area contributed by atoms with Crippen molar-refractivity contribution < 1.29 is 0 Å². The Morgan fingerprint density at radius 2 is 2.05 bits per heavy atom. The van der Waals surface area contributed by atoms with Crippen LogP contribution in [0.3, 0.4) is 0 Å². The first-order valence-electron chi connectivity index (χ1n) is 6.63. The first-order valence-corrected chi connectivity index (χ1v) is 7.01. The minimum absolute atomic E-state index is 0.328. The summed E-state index contributed by atoms with van der Waals surface area (Å²) in [5.41, 5.74) is 4.82. The van der Waals surface area contributed by atoms with E-state index in [2.05, 4.69) is 28.6 Å². The Bertz CT molecular complexity index is 628. The molecule has 0 fully saturated rings. The zero-order valence-electron chi connectivity index (χ0n) is 11.6. The minimum Gasteiger partial charge on any atom is -0.268 e. The van der Waals surface area contributed by atoms with Gasteiger partial charge in [-0.15, -0.1) is 0 Å². The Labute approximate surface area is 118 Å². The largest absolute Gasteiger partial charge is 0.268 e. The van der Waals surface area contributed by atoms with Crippen LogP contribution < -0.4 is 0 Å². The molecule has 0 unspecified atom stereocenters. The number of hydrogen-bond acceptors (Lipinski definition) is 2. The van der Waals surface area contributed by atoms with E-state index in [-0.39, 0.29) is 0 Å². The van der Waals surface area contributed by atoms with E-state index in [1.54, 1.807) is 6.20 Å². The highest BCUT2D eigenvalue weighted by Gasteiger charge is 2.28. The van der Waals surface area contributed by atoms with Crippen molar-refractivity contribution in [2.24, 2.45) is 5.41 Å². The molecule has 0 N–H and O–H groups in total. The lowest BCUT2D eigenvalue weighted by Crippen LogP contribution is -2.27. The predicted octanol–water partition coefficient (Wildman–Crippen LogP) is 3.88. The van der Waals surface area contributed by atoms with Gasteiger partial charge in [-0.25, -0.2) is 0 Å². The van der Waals surface area contributed by atoms with Crippen LogP contribution in [0.2, 0.25) is 5.02 Å². The lowest BCUT2D eigenvalue weighted by atomic mass is 9.83. The third-order valence-corrected chi connectivity index (χ3v) is 4.15. The maximum Gasteiger partial charge on any atom is 0.0669 e. The number of pyridine rings is 1. The van der Waals surface area contributed by atoms with Crippen molar-refractivity contribution in [3.05, 3.63) is 34.9 Å². The highest BCUT2D eigenvalue weighted by molar-refractivity contribution is 6.33. The molecule has 0 saturated carbocycles. The molecule has 4 heteroatoms. The number of aryl methyl sites for hydroxylation is 1. The Kier molecular flexibility index (Phi) is 2.90. The number of halogens is 1. The third-order valence-electron chi connectivity index (χ3n) is 3.85. The summed E-state index contributed by atoms with van der Waals surface area (Å²) in [5, 5.41) is 5.24. The summed E-state index contributed by atoms with van der Waals surface area (Å²) in [6, 6.07) is 2.04. The molecule has 0 amide bonds. The standard InChI is InChI=1S/C15H18ClN3/c1-10-6-11(13(16)8-17-10)12-7-18-19-9-15(2,3)5-4-14(12)19/h6-8H,4-5,9H2,1-3H3. The fourth-order valence-electron chi connectivity index (χ4n) is 2.73. The Morgan fingerprint density at radius 3 is 2.84 bits per heavy atom. The minimum atomic E-state index is 0.328. The average Bonchev–Trinajstić information content (AvgIpc) is 2.73. The van der Waals surface area contributed by atoms with E-state index in [1.807, 2.05) is 19.2 Å². The van der Waals surface area contributed by atoms with Gasteiger partial charge in [0.15, 0.2) is 0 Å². The van der Waals surface area contributed by atoms with Crippen molar-refractivity contribution in [1.29, 1.82) is 0 Å². The summed E-state index contributed by atoms with van der Waals surface area (Å²) >= 11 is 6.29. The molecule has 0 bridgehead atoms. The lowest BCUT2D eigenvalue weighted by molar-refractivity contribution is 0.235. The van der Waals surface area contributed by atoms with Gasteiger partial charge in [-0.2, -0.15) is 5.10 Å². The summed E-state index contributed by atoms with van der Waals surface area (Å²) in [6.07, 6.45) is 5.91. The first-order chi connectivity index (χ1) is 8.96. The molecular weight excluding hydrogens is 258 g/mol. The quantitative estimate of drug-likeness (QED) is 0.791. The van der Waals surface area contributed by atoms with Gasteiger partial charge in [0.05, 0.1) is 11.2 Å². The molecule has 3 heterocycles. The molecule has 0 saturated heterocycles. The van der Waals surface area contributed by atoms with Crippen LogP contribution in [0.1, 0.15) is 31.7 Å². The zero-order valence-corrected chi connectivity index (χ0v) is 12.3. The van der Waals surface area contributed by atoms with Crippen molar-refractivity contribution in [3.63, 3.8) is 0 Å². The van der Waals surface area contributed by atoms with Gasteiger partial charge in [0.2, 0.25) is 0 Å². The van der Waals surface area contributed by atoms with Crippen LogP contribution in [0.4, 0.5) is 0 Å². The Balaban J connectivity index is 2.09. The van der Waals surface area contributed by atoms with Crippen LogP contribution in [-0.2, 0) is 13.0 Å². The molecule has 0 spiro atoms. The topological polar surface area (TPSA) is 30.7 Å². The molecular formula is C15H18ClN3. The summed E-state index contributed by atoms with van der Waals surface area (Å²) < 4.78 is 2.13. The fourth-order valence-corrected chi connectivity index (χ4v) is 2.93. The van der Waals surface area contributed by atoms with E-state index < -0.39 is 0 Å². The monoisotopic (exact) mass is 275 g/mol. The number of hydrogen-bond donors (Lipinski definition) is 0. The number of aromatic nitrogens is 3. The van der Waals surface area contributed by atoms with E-state index in [1.165, 1.54) is 12.1 Å². The molecule has 100 valence electrons. The molecule has 0 aliphatic carbocycles. The molecule has 2 aromatic rings. The van der Waals surface area contributed by atoms with Crippen molar-refractivity contribution in [2.45, 2.75) is 40.2 Å². The molecule has 1 aliphatic rings. The SMILES string of the molecule is Cc1cc(-c2cnn3c2CCC(C)(C)C3)c(Cl)cn1. The van der Waals surface area contributed by atoms with E-state index in [0.717, 1.165) is 29.8 Å². The van der Waals surface area contributed by atoms with Crippen molar-refractivity contribution in [3.8, 4) is 11.1 Å². The second-order valence-electron chi connectivity index (χ2n) is 6.13. The van der Waals surface area contributed by atoms with Crippen LogP contribution in [0.25, 0.3) is 11.1 Å². The van der Waals surface area contributed by atoms with Gasteiger partial charge in [-0.1, -0.05) is 25.4 Å². The van der Waals surface area contributed by atoms with Gasteiger partial charge in [0, 0.05) is 35.3 Å². The third kappa shape index (κ3) is 2.27. The fraction of sp³-hybridized carbons (Fsp3) is 0.467. The molecule has 3 rings (SSSR count). The van der Waals surface area contributed by atoms with E-state index in [4.69, 9.17) is 11.6 Å². The molecule has 0 aromatic carbocycles. The average molecular weight is 276 g/mol. The molecule has 19 heavy (non-hydrogen) atoms. The van der Waals surface area contributed by atoms with Crippen LogP contribution >= 0.6 is 11.6 Å². The predicted molar refractivity (Wildman–Crippen MR) is 77.3 cm³/mol. The zero-order chi connectivity index (χ0) is 13.6. The van der Waals surface area contributed by atoms with Gasteiger partial charge in [0.1, 0.15) is 0 Å². The molecule has 1 aliphatic heterocycles. The Morgan fingerprint density at radius 1 is 1.26 bits per heavy atom. The van der Waals surface area contributed by atoms with Gasteiger partial charge in [0.25, 0.3) is 0 Å². The van der Waals surface area contributed by atoms with E-state index in [0.29, 0.717) is 10.4 Å². The second kappa shape index (κ2) is 4.34. The van der Waals surface area contributed by atoms with Gasteiger partial charge in [-0.05, 0) is 31.2 Å². The normalized spacial score (nSPS) is 17.3.